The summed E-state index contributed by atoms with van der Waals surface area (Å²) in [4.78, 5) is 179. The molecular formula is C55H100N12O17S2Si. The molecule has 0 unspecified atom stereocenters. The Labute approximate surface area is 522 Å². The van der Waals surface area contributed by atoms with Crippen LogP contribution in [0.1, 0.15) is 96.9 Å². The van der Waals surface area contributed by atoms with Gasteiger partial charge in [0, 0.05) is 68.2 Å². The van der Waals surface area contributed by atoms with Crippen LogP contribution in [0.25, 0.3) is 0 Å². The van der Waals surface area contributed by atoms with Crippen LogP contribution < -0.4 is 42.5 Å². The Kier molecular flexibility index (Phi) is 34.5. The second kappa shape index (κ2) is 37.3. The van der Waals surface area contributed by atoms with E-state index in [4.69, 9.17) is 18.9 Å². The van der Waals surface area contributed by atoms with Gasteiger partial charge < -0.3 is 81.1 Å². The molecule has 0 aliphatic rings. The largest absolute Gasteiger partial charge is 0.467 e. The molecule has 0 aliphatic heterocycles. The molecule has 0 aromatic heterocycles. The minimum atomic E-state index is -1.64. The zero-order chi connectivity index (χ0) is 67.6. The second-order valence-corrected chi connectivity index (χ2v) is 32.3. The van der Waals surface area contributed by atoms with Gasteiger partial charge in [0.2, 0.25) is 53.2 Å². The number of nitrogens with one attached hydrogen (secondary N) is 8. The SMILES string of the molecule is COC(=O)[C@H](C(C)C)N(C)C(=O)[C@H](CSCNC(C)=O)N(C)C(=O)[C@H](C)NC(=O)[C@@H](CNC(=O)[C@H](C(C)C)N(C)C(=O)[C@H](CSCNC(C)=O)N(C)C(=O)[C@H](C)NC(=O)[C@@H](CNC(=O)OCC[Si](C)(C)C)NC(=O)OC(C)(C)C)NC(=O)OC(C)(C)C. The van der Waals surface area contributed by atoms with Gasteiger partial charge in [-0.25, -0.2) is 19.2 Å². The molecule has 32 heteroatoms. The van der Waals surface area contributed by atoms with Crippen LogP contribution in [-0.2, 0) is 66.9 Å². The quantitative estimate of drug-likeness (QED) is 0.0151. The molecule has 0 aromatic carbocycles. The van der Waals surface area contributed by atoms with Crippen LogP contribution >= 0.6 is 23.5 Å². The molecule has 0 rings (SSSR count). The van der Waals surface area contributed by atoms with Crippen molar-refractivity contribution in [2.75, 3.05) is 78.3 Å². The average Bonchev–Trinajstić information content (AvgIpc) is 3.02. The van der Waals surface area contributed by atoms with Gasteiger partial charge >= 0.3 is 24.2 Å². The molecule has 0 spiro atoms. The highest BCUT2D eigenvalue weighted by molar-refractivity contribution is 7.99. The Morgan fingerprint density at radius 1 is 0.483 bits per heavy atom. The highest BCUT2D eigenvalue weighted by atomic mass is 32.2. The fraction of sp³-hybridized carbons (Fsp3) is 0.764. The van der Waals surface area contributed by atoms with E-state index in [-0.39, 0.29) is 41.7 Å². The minimum Gasteiger partial charge on any atom is -0.467 e. The molecule has 0 fully saturated rings. The molecule has 498 valence electrons. The van der Waals surface area contributed by atoms with E-state index >= 15 is 0 Å². The third kappa shape index (κ3) is 30.8. The van der Waals surface area contributed by atoms with E-state index in [0.717, 1.165) is 38.2 Å². The molecule has 29 nitrogen and oxygen atoms in total. The van der Waals surface area contributed by atoms with Crippen LogP contribution in [0.4, 0.5) is 14.4 Å². The summed E-state index contributed by atoms with van der Waals surface area (Å²) in [7, 11) is 4.94. The standard InChI is InChI=1S/C55H100N12O17S2Si/c1-31(2)41(66(17)48(75)39(27-85-29-58-35(7)68)64(15)46(73)34(6)61-44(71)38(63-53(80)84-55(12,13)14)26-57-51(78)82-23-24-87(20,21)22)45(72)56-25-37(62-52(79)83-54(9,10)11)43(70)60-33(5)47(74)65(16)40(28-86-30-59-36(8)69)49(76)67(18)42(32(3)4)50(77)81-19/h31-34,37-42H,23-30H2,1-22H3,(H,56,72)(H,57,78)(H,58,68)(H,59,69)(H,60,70)(H,61,71)(H,62,79)(H,63,80)/t33-,34-,37+,38+,39-,40-,41-,42-/m0/s1. The van der Waals surface area contributed by atoms with E-state index in [1.54, 1.807) is 69.2 Å². The van der Waals surface area contributed by atoms with Crippen molar-refractivity contribution in [2.45, 2.75) is 182 Å². The van der Waals surface area contributed by atoms with Crippen molar-refractivity contribution in [3.63, 3.8) is 0 Å². The Hall–Kier alpha value is -6.57. The highest BCUT2D eigenvalue weighted by Crippen LogP contribution is 2.20. The maximum atomic E-state index is 14.8. The lowest BCUT2D eigenvalue weighted by Gasteiger charge is -2.37. The number of carbonyl (C=O) groups excluding carboxylic acids is 13. The lowest BCUT2D eigenvalue weighted by Crippen LogP contribution is -2.61. The summed E-state index contributed by atoms with van der Waals surface area (Å²) in [5, 5.41) is 20.2. The number of ether oxygens (including phenoxy) is 4. The molecule has 0 saturated heterocycles. The molecule has 0 bridgehead atoms. The van der Waals surface area contributed by atoms with Crippen molar-refractivity contribution in [3.8, 4) is 0 Å². The van der Waals surface area contributed by atoms with Crippen LogP contribution in [0, 0.1) is 11.8 Å². The van der Waals surface area contributed by atoms with Gasteiger partial charge in [-0.15, -0.1) is 23.5 Å². The van der Waals surface area contributed by atoms with Crippen LogP contribution in [0.5, 0.6) is 0 Å². The van der Waals surface area contributed by atoms with Gasteiger partial charge in [-0.05, 0) is 73.3 Å². The van der Waals surface area contributed by atoms with Crippen LogP contribution in [0.3, 0.4) is 0 Å². The Morgan fingerprint density at radius 2 is 0.851 bits per heavy atom. The number of rotatable bonds is 33. The summed E-state index contributed by atoms with van der Waals surface area (Å²) < 4.78 is 21.0. The molecule has 87 heavy (non-hydrogen) atoms. The first-order valence-electron chi connectivity index (χ1n) is 28.4. The van der Waals surface area contributed by atoms with Crippen molar-refractivity contribution >= 4 is 109 Å². The monoisotopic (exact) mass is 1290 g/mol. The number of likely N-dealkylation sites (N-methyl/N-ethyl adjacent to an activating group) is 4. The maximum absolute atomic E-state index is 14.8. The molecule has 0 saturated carbocycles. The third-order valence-corrected chi connectivity index (χ3v) is 16.1. The molecule has 8 atom stereocenters. The second-order valence-electron chi connectivity index (χ2n) is 24.7. The van der Waals surface area contributed by atoms with Crippen LogP contribution in [0.2, 0.25) is 25.7 Å². The smallest absolute Gasteiger partial charge is 0.408 e. The summed E-state index contributed by atoms with van der Waals surface area (Å²) >= 11 is 2.19. The van der Waals surface area contributed by atoms with Crippen molar-refractivity contribution in [1.29, 1.82) is 0 Å². The molecule has 0 aromatic rings. The van der Waals surface area contributed by atoms with E-state index in [1.807, 2.05) is 0 Å². The first kappa shape index (κ1) is 80.4. The van der Waals surface area contributed by atoms with Crippen molar-refractivity contribution < 1.29 is 81.3 Å². The first-order valence-corrected chi connectivity index (χ1v) is 34.5. The number of esters is 1. The van der Waals surface area contributed by atoms with E-state index in [2.05, 4.69) is 62.2 Å². The van der Waals surface area contributed by atoms with E-state index in [1.165, 1.54) is 67.9 Å². The van der Waals surface area contributed by atoms with Crippen molar-refractivity contribution in [1.82, 2.24) is 62.1 Å². The number of hydrogen-bond donors (Lipinski definition) is 8. The Morgan fingerprint density at radius 3 is 1.18 bits per heavy atom. The van der Waals surface area contributed by atoms with E-state index in [0.29, 0.717) is 6.04 Å². The lowest BCUT2D eigenvalue weighted by molar-refractivity contribution is -0.156. The fourth-order valence-electron chi connectivity index (χ4n) is 7.99. The zero-order valence-corrected chi connectivity index (χ0v) is 57.6. The molecule has 0 aliphatic carbocycles. The minimum absolute atomic E-state index is 0.0102. The predicted molar refractivity (Wildman–Crippen MR) is 332 cm³/mol. The molecule has 0 radical (unpaired) electrons. The number of thioether (sulfide) groups is 2. The number of amides is 12. The van der Waals surface area contributed by atoms with Crippen LogP contribution in [0.15, 0.2) is 0 Å². The normalized spacial score (nSPS) is 14.3. The van der Waals surface area contributed by atoms with Gasteiger partial charge in [0.15, 0.2) is 0 Å². The van der Waals surface area contributed by atoms with Gasteiger partial charge in [-0.2, -0.15) is 0 Å². The highest BCUT2D eigenvalue weighted by Gasteiger charge is 2.41. The average molecular weight is 1290 g/mol. The number of hydrogen-bond acceptors (Lipinski definition) is 19. The van der Waals surface area contributed by atoms with Gasteiger partial charge in [-0.3, -0.25) is 43.2 Å². The Balaban J connectivity index is 6.98. The molecule has 12 amide bonds. The maximum Gasteiger partial charge on any atom is 0.408 e. The third-order valence-electron chi connectivity index (χ3n) is 12.6. The summed E-state index contributed by atoms with van der Waals surface area (Å²) in [5.41, 5.74) is -2.03. The summed E-state index contributed by atoms with van der Waals surface area (Å²) in [6, 6.07) is -10.2. The topological polar surface area (TPSA) is 368 Å². The number of carbonyl (C=O) groups is 13. The van der Waals surface area contributed by atoms with Gasteiger partial charge in [-0.1, -0.05) is 47.3 Å². The lowest BCUT2D eigenvalue weighted by atomic mass is 10.0. The predicted octanol–water partition coefficient (Wildman–Crippen LogP) is 1.41. The zero-order valence-electron chi connectivity index (χ0n) is 55.0. The summed E-state index contributed by atoms with van der Waals surface area (Å²) in [6.45, 7) is 26.8. The molecule has 0 heterocycles. The number of alkyl carbamates (subject to hydrolysis) is 3. The van der Waals surface area contributed by atoms with E-state index < -0.39 is 158 Å². The fourth-order valence-corrected chi connectivity index (χ4v) is 10.7. The van der Waals surface area contributed by atoms with Crippen molar-refractivity contribution in [3.05, 3.63) is 0 Å². The number of methoxy groups -OCH3 is 1. The number of nitrogens with zero attached hydrogens (tertiary/aromatic N) is 4. The van der Waals surface area contributed by atoms with Crippen LogP contribution in [-0.4, -0.2) is 243 Å². The van der Waals surface area contributed by atoms with Gasteiger partial charge in [0.25, 0.3) is 0 Å². The van der Waals surface area contributed by atoms with Gasteiger partial charge in [0.1, 0.15) is 59.5 Å². The first-order chi connectivity index (χ1) is 39.9. The van der Waals surface area contributed by atoms with Crippen molar-refractivity contribution in [2.24, 2.45) is 11.8 Å². The molecular weight excluding hydrogens is 1190 g/mol. The van der Waals surface area contributed by atoms with E-state index in [9.17, 15) is 62.3 Å². The summed E-state index contributed by atoms with van der Waals surface area (Å²) in [6.07, 6.45) is -2.92. The van der Waals surface area contributed by atoms with Gasteiger partial charge in [0.05, 0.1) is 32.0 Å². The molecule has 8 N–H and O–H groups in total. The summed E-state index contributed by atoms with van der Waals surface area (Å²) in [5.74, 6) is -8.30. The Bertz CT molecular complexity index is 2390.